The van der Waals surface area contributed by atoms with Crippen LogP contribution in [0.25, 0.3) is 0 Å². The Morgan fingerprint density at radius 2 is 2.09 bits per heavy atom. The Kier molecular flexibility index (Phi) is 3.24. The molecule has 0 atom stereocenters. The third-order valence-corrected chi connectivity index (χ3v) is 1.55. The van der Waals surface area contributed by atoms with Crippen molar-refractivity contribution in [2.45, 2.75) is 6.42 Å². The molecule has 1 rings (SSSR count). The van der Waals surface area contributed by atoms with Gasteiger partial charge >= 0.3 is 0 Å². The van der Waals surface area contributed by atoms with Crippen molar-refractivity contribution < 1.29 is 4.74 Å². The SMILES string of the molecule is [CH2]CCOc1ccccc1Cl. The first-order chi connectivity index (χ1) is 5.34. The Labute approximate surface area is 71.9 Å². The molecule has 1 aromatic carbocycles. The Hall–Kier alpha value is -0.690. The average Bonchev–Trinajstić information content (AvgIpc) is 2.03. The smallest absolute Gasteiger partial charge is 0.137 e. The van der Waals surface area contributed by atoms with E-state index in [2.05, 4.69) is 6.92 Å². The Morgan fingerprint density at radius 1 is 1.36 bits per heavy atom. The summed E-state index contributed by atoms with van der Waals surface area (Å²) in [6.07, 6.45) is 0.755. The van der Waals surface area contributed by atoms with Crippen LogP contribution in [0.15, 0.2) is 24.3 Å². The van der Waals surface area contributed by atoms with Crippen LogP contribution in [0.4, 0.5) is 0 Å². The highest BCUT2D eigenvalue weighted by atomic mass is 35.5. The number of hydrogen-bond donors (Lipinski definition) is 0. The lowest BCUT2D eigenvalue weighted by molar-refractivity contribution is 0.324. The first-order valence-electron chi connectivity index (χ1n) is 3.51. The maximum atomic E-state index is 5.81. The van der Waals surface area contributed by atoms with Crippen LogP contribution >= 0.6 is 11.6 Å². The molecule has 1 aromatic rings. The van der Waals surface area contributed by atoms with E-state index in [1.54, 1.807) is 6.07 Å². The van der Waals surface area contributed by atoms with Crippen LogP contribution in [0.1, 0.15) is 6.42 Å². The standard InChI is InChI=1S/C9H10ClO/c1-2-7-11-9-6-4-3-5-8(9)10/h3-6H,1-2,7H2. The molecule has 0 aliphatic carbocycles. The molecule has 0 saturated carbocycles. The summed E-state index contributed by atoms with van der Waals surface area (Å²) >= 11 is 5.81. The molecular formula is C9H10ClO. The molecule has 0 saturated heterocycles. The van der Waals surface area contributed by atoms with E-state index in [0.717, 1.165) is 12.2 Å². The Morgan fingerprint density at radius 3 is 2.73 bits per heavy atom. The molecule has 0 fully saturated rings. The minimum Gasteiger partial charge on any atom is -0.492 e. The van der Waals surface area contributed by atoms with Crippen molar-refractivity contribution in [1.29, 1.82) is 0 Å². The van der Waals surface area contributed by atoms with Gasteiger partial charge in [0.2, 0.25) is 0 Å². The van der Waals surface area contributed by atoms with E-state index in [9.17, 15) is 0 Å². The lowest BCUT2D eigenvalue weighted by Gasteiger charge is -2.04. The fraction of sp³-hybridized carbons (Fsp3) is 0.222. The largest absolute Gasteiger partial charge is 0.492 e. The van der Waals surface area contributed by atoms with Gasteiger partial charge in [0.25, 0.3) is 0 Å². The minimum atomic E-state index is 0.615. The second-order valence-corrected chi connectivity index (χ2v) is 2.54. The van der Waals surface area contributed by atoms with E-state index in [0.29, 0.717) is 11.6 Å². The van der Waals surface area contributed by atoms with Gasteiger partial charge in [-0.15, -0.1) is 0 Å². The van der Waals surface area contributed by atoms with Crippen molar-refractivity contribution in [2.24, 2.45) is 0 Å². The van der Waals surface area contributed by atoms with Gasteiger partial charge in [-0.1, -0.05) is 23.7 Å². The summed E-state index contributed by atoms with van der Waals surface area (Å²) < 4.78 is 5.29. The Balaban J connectivity index is 2.62. The highest BCUT2D eigenvalue weighted by Crippen LogP contribution is 2.22. The first kappa shape index (κ1) is 8.41. The number of rotatable bonds is 3. The van der Waals surface area contributed by atoms with Crippen molar-refractivity contribution in [3.05, 3.63) is 36.2 Å². The second-order valence-electron chi connectivity index (χ2n) is 2.13. The number of hydrogen-bond acceptors (Lipinski definition) is 1. The zero-order valence-corrected chi connectivity index (χ0v) is 6.97. The second kappa shape index (κ2) is 4.24. The summed E-state index contributed by atoms with van der Waals surface area (Å²) in [5, 5.41) is 0.654. The van der Waals surface area contributed by atoms with Gasteiger partial charge in [0, 0.05) is 0 Å². The van der Waals surface area contributed by atoms with E-state index in [1.807, 2.05) is 18.2 Å². The highest BCUT2D eigenvalue weighted by Gasteiger charge is 1.96. The molecular weight excluding hydrogens is 160 g/mol. The van der Waals surface area contributed by atoms with Crippen LogP contribution in [0.2, 0.25) is 5.02 Å². The predicted molar refractivity (Wildman–Crippen MR) is 46.9 cm³/mol. The van der Waals surface area contributed by atoms with Gasteiger partial charge in [-0.25, -0.2) is 0 Å². The van der Waals surface area contributed by atoms with Gasteiger partial charge in [0.15, 0.2) is 0 Å². The molecule has 11 heavy (non-hydrogen) atoms. The topological polar surface area (TPSA) is 9.23 Å². The van der Waals surface area contributed by atoms with Gasteiger partial charge in [-0.05, 0) is 25.5 Å². The molecule has 0 aliphatic rings. The molecule has 2 heteroatoms. The van der Waals surface area contributed by atoms with Gasteiger partial charge < -0.3 is 4.74 Å². The van der Waals surface area contributed by atoms with Crippen molar-refractivity contribution in [3.8, 4) is 5.75 Å². The minimum absolute atomic E-state index is 0.615. The average molecular weight is 170 g/mol. The zero-order chi connectivity index (χ0) is 8.10. The van der Waals surface area contributed by atoms with Crippen LogP contribution < -0.4 is 4.74 Å². The molecule has 1 nitrogen and oxygen atoms in total. The van der Waals surface area contributed by atoms with Crippen LogP contribution in [0.3, 0.4) is 0 Å². The number of benzene rings is 1. The lowest BCUT2D eigenvalue weighted by atomic mass is 10.3. The van der Waals surface area contributed by atoms with Crippen LogP contribution in [0, 0.1) is 6.92 Å². The van der Waals surface area contributed by atoms with Crippen LogP contribution in [-0.2, 0) is 0 Å². The molecule has 0 aromatic heterocycles. The molecule has 1 radical (unpaired) electrons. The predicted octanol–water partition coefficient (Wildman–Crippen LogP) is 2.94. The highest BCUT2D eigenvalue weighted by molar-refractivity contribution is 6.32. The fourth-order valence-electron chi connectivity index (χ4n) is 0.744. The van der Waals surface area contributed by atoms with Crippen LogP contribution in [-0.4, -0.2) is 6.61 Å². The van der Waals surface area contributed by atoms with E-state index in [4.69, 9.17) is 16.3 Å². The van der Waals surface area contributed by atoms with E-state index in [-0.39, 0.29) is 0 Å². The Bertz CT molecular complexity index is 223. The van der Waals surface area contributed by atoms with Crippen molar-refractivity contribution in [2.75, 3.05) is 6.61 Å². The van der Waals surface area contributed by atoms with E-state index < -0.39 is 0 Å². The van der Waals surface area contributed by atoms with Crippen LogP contribution in [0.5, 0.6) is 5.75 Å². The molecule has 0 heterocycles. The lowest BCUT2D eigenvalue weighted by Crippen LogP contribution is -1.94. The monoisotopic (exact) mass is 169 g/mol. The number of halogens is 1. The van der Waals surface area contributed by atoms with Crippen molar-refractivity contribution in [1.82, 2.24) is 0 Å². The number of ether oxygens (including phenoxy) is 1. The molecule has 0 aliphatic heterocycles. The van der Waals surface area contributed by atoms with Gasteiger partial charge in [0.1, 0.15) is 5.75 Å². The summed E-state index contributed by atoms with van der Waals surface area (Å²) in [6.45, 7) is 4.28. The van der Waals surface area contributed by atoms with E-state index >= 15 is 0 Å². The summed E-state index contributed by atoms with van der Waals surface area (Å²) in [4.78, 5) is 0. The van der Waals surface area contributed by atoms with Crippen molar-refractivity contribution >= 4 is 11.6 Å². The molecule has 0 unspecified atom stereocenters. The maximum absolute atomic E-state index is 5.81. The maximum Gasteiger partial charge on any atom is 0.137 e. The summed E-state index contributed by atoms with van der Waals surface area (Å²) in [5.74, 6) is 0.734. The normalized spacial score (nSPS) is 9.64. The molecule has 0 spiro atoms. The van der Waals surface area contributed by atoms with Gasteiger partial charge in [-0.3, -0.25) is 0 Å². The quantitative estimate of drug-likeness (QED) is 0.676. The molecule has 0 N–H and O–H groups in total. The summed E-state index contributed by atoms with van der Waals surface area (Å²) in [7, 11) is 0. The molecule has 0 bridgehead atoms. The summed E-state index contributed by atoms with van der Waals surface area (Å²) in [5.41, 5.74) is 0. The molecule has 0 amide bonds. The third kappa shape index (κ3) is 2.43. The zero-order valence-electron chi connectivity index (χ0n) is 6.22. The van der Waals surface area contributed by atoms with Crippen molar-refractivity contribution in [3.63, 3.8) is 0 Å². The first-order valence-corrected chi connectivity index (χ1v) is 3.89. The summed E-state index contributed by atoms with van der Waals surface area (Å²) in [6, 6.07) is 7.42. The fourth-order valence-corrected chi connectivity index (χ4v) is 0.934. The number of para-hydroxylation sites is 1. The van der Waals surface area contributed by atoms with E-state index in [1.165, 1.54) is 0 Å². The third-order valence-electron chi connectivity index (χ3n) is 1.24. The van der Waals surface area contributed by atoms with Gasteiger partial charge in [-0.2, -0.15) is 0 Å². The molecule has 59 valence electrons. The van der Waals surface area contributed by atoms with Gasteiger partial charge in [0.05, 0.1) is 11.6 Å².